The Labute approximate surface area is 231 Å². The van der Waals surface area contributed by atoms with Crippen molar-refractivity contribution in [2.75, 3.05) is 0 Å². The van der Waals surface area contributed by atoms with Crippen LogP contribution in [-0.4, -0.2) is 4.98 Å². The van der Waals surface area contributed by atoms with Crippen molar-refractivity contribution in [3.63, 3.8) is 0 Å². The second kappa shape index (κ2) is 8.77. The van der Waals surface area contributed by atoms with Crippen molar-refractivity contribution in [1.82, 2.24) is 4.98 Å². The van der Waals surface area contributed by atoms with Crippen LogP contribution in [0, 0.1) is 6.92 Å². The Morgan fingerprint density at radius 2 is 1.36 bits per heavy atom. The fourth-order valence-electron chi connectivity index (χ4n) is 5.56. The lowest BCUT2D eigenvalue weighted by Gasteiger charge is -2.25. The quantitative estimate of drug-likeness (QED) is 0.216. The summed E-state index contributed by atoms with van der Waals surface area (Å²) in [4.78, 5) is 5.09. The first-order valence-corrected chi connectivity index (χ1v) is 13.8. The first kappa shape index (κ1) is 25.3. The predicted molar refractivity (Wildman–Crippen MR) is 163 cm³/mol. The largest absolute Gasteiger partial charge is 0.454 e. The Kier molecular flexibility index (Phi) is 5.69. The van der Waals surface area contributed by atoms with Crippen LogP contribution in [0.25, 0.3) is 55.2 Å². The minimum Gasteiger partial charge on any atom is -0.454 e. The maximum Gasteiger partial charge on any atom is 0.216 e. The summed E-state index contributed by atoms with van der Waals surface area (Å²) in [7, 11) is 2.14. The van der Waals surface area contributed by atoms with Crippen LogP contribution in [0.15, 0.2) is 83.3 Å². The zero-order valence-electron chi connectivity index (χ0n) is 24.3. The number of aryl methyl sites for hydroxylation is 2. The molecule has 3 aromatic carbocycles. The topological polar surface area (TPSA) is 29.9 Å². The number of hydrogen-bond donors (Lipinski definition) is 0. The van der Waals surface area contributed by atoms with Crippen molar-refractivity contribution in [3.8, 4) is 22.4 Å². The maximum atomic E-state index is 6.89. The molecule has 3 nitrogen and oxygen atoms in total. The minimum absolute atomic E-state index is 0.0626. The lowest BCUT2D eigenvalue weighted by atomic mass is 9.85. The van der Waals surface area contributed by atoms with Crippen LogP contribution in [0.4, 0.5) is 0 Å². The van der Waals surface area contributed by atoms with Gasteiger partial charge in [0, 0.05) is 56.1 Å². The summed E-state index contributed by atoms with van der Waals surface area (Å²) < 4.78 is 9.17. The standard InChI is InChI=1S/C36H37N2O/c1-22-16-18-27-26-14-11-13-25(24-20-30(35(2,3)4)37-31(21-24)36(5,6)7)33(26)39-34(27)32(22)29-19-17-23-12-9-10-15-28(23)38(29)8/h9-21H,1-8H3/q+1. The van der Waals surface area contributed by atoms with Crippen LogP contribution in [0.2, 0.25) is 0 Å². The lowest BCUT2D eigenvalue weighted by Crippen LogP contribution is -2.32. The SMILES string of the molecule is Cc1ccc2c(oc3c(-c4cc(C(C)(C)C)nc(C(C)(C)C)c4)cccc32)c1-c1ccc2ccccc2[n+]1C. The fraction of sp³-hybridized carbons (Fsp3) is 0.278. The zero-order valence-corrected chi connectivity index (χ0v) is 24.3. The molecule has 0 N–H and O–H groups in total. The summed E-state index contributed by atoms with van der Waals surface area (Å²) >= 11 is 0. The molecule has 3 aromatic heterocycles. The Bertz CT molecular complexity index is 1860. The van der Waals surface area contributed by atoms with Crippen LogP contribution in [-0.2, 0) is 17.9 Å². The van der Waals surface area contributed by atoms with E-state index in [1.165, 1.54) is 16.5 Å². The fourth-order valence-corrected chi connectivity index (χ4v) is 5.56. The van der Waals surface area contributed by atoms with Crippen LogP contribution in [0.1, 0.15) is 58.5 Å². The third-order valence-corrected chi connectivity index (χ3v) is 7.88. The van der Waals surface area contributed by atoms with Crippen molar-refractivity contribution >= 4 is 32.8 Å². The Morgan fingerprint density at radius 3 is 2.05 bits per heavy atom. The normalized spacial score (nSPS) is 12.6. The molecule has 0 spiro atoms. The highest BCUT2D eigenvalue weighted by molar-refractivity contribution is 6.13. The first-order valence-electron chi connectivity index (χ1n) is 13.8. The summed E-state index contributed by atoms with van der Waals surface area (Å²) in [6, 6.07) is 28.4. The van der Waals surface area contributed by atoms with Gasteiger partial charge in [-0.15, -0.1) is 0 Å². The molecule has 0 radical (unpaired) electrons. The summed E-state index contributed by atoms with van der Waals surface area (Å²) in [6.07, 6.45) is 0. The summed E-state index contributed by atoms with van der Waals surface area (Å²) in [5.41, 5.74) is 10.9. The second-order valence-electron chi connectivity index (χ2n) is 12.9. The van der Waals surface area contributed by atoms with E-state index in [9.17, 15) is 0 Å². The predicted octanol–water partition coefficient (Wildman–Crippen LogP) is 9.20. The molecular weight excluding hydrogens is 476 g/mol. The number of benzene rings is 3. The van der Waals surface area contributed by atoms with Crippen LogP contribution < -0.4 is 4.57 Å². The van der Waals surface area contributed by atoms with Gasteiger partial charge in [0.15, 0.2) is 0 Å². The number of para-hydroxylation sites is 2. The van der Waals surface area contributed by atoms with E-state index in [4.69, 9.17) is 9.40 Å². The van der Waals surface area contributed by atoms with Gasteiger partial charge in [-0.05, 0) is 42.3 Å². The van der Waals surface area contributed by atoms with Gasteiger partial charge < -0.3 is 4.42 Å². The maximum absolute atomic E-state index is 6.89. The number of fused-ring (bicyclic) bond motifs is 4. The minimum atomic E-state index is -0.0626. The Balaban J connectivity index is 1.65. The van der Waals surface area contributed by atoms with Gasteiger partial charge in [0.25, 0.3) is 0 Å². The first-order chi connectivity index (χ1) is 18.4. The molecule has 6 rings (SSSR count). The van der Waals surface area contributed by atoms with Crippen LogP contribution in [0.5, 0.6) is 0 Å². The molecule has 0 aliphatic heterocycles. The van der Waals surface area contributed by atoms with Gasteiger partial charge in [0.1, 0.15) is 18.2 Å². The number of pyridine rings is 2. The molecular formula is C36H37N2O+. The molecule has 0 fully saturated rings. The van der Waals surface area contributed by atoms with Gasteiger partial charge in [0.2, 0.25) is 11.2 Å². The molecule has 0 amide bonds. The highest BCUT2D eigenvalue weighted by Crippen LogP contribution is 2.42. The summed E-state index contributed by atoms with van der Waals surface area (Å²) in [6.45, 7) is 15.5. The zero-order chi connectivity index (χ0) is 27.7. The van der Waals surface area contributed by atoms with E-state index < -0.39 is 0 Å². The van der Waals surface area contributed by atoms with Crippen molar-refractivity contribution < 1.29 is 8.98 Å². The molecule has 3 heteroatoms. The number of rotatable bonds is 2. The molecule has 196 valence electrons. The molecule has 0 bridgehead atoms. The van der Waals surface area contributed by atoms with E-state index in [1.807, 2.05) is 0 Å². The smallest absolute Gasteiger partial charge is 0.216 e. The van der Waals surface area contributed by atoms with Crippen molar-refractivity contribution in [2.45, 2.75) is 59.3 Å². The highest BCUT2D eigenvalue weighted by Gasteiger charge is 2.26. The second-order valence-corrected chi connectivity index (χ2v) is 12.9. The van der Waals surface area contributed by atoms with E-state index in [-0.39, 0.29) is 10.8 Å². The van der Waals surface area contributed by atoms with E-state index in [0.29, 0.717) is 0 Å². The van der Waals surface area contributed by atoms with Crippen molar-refractivity contribution in [1.29, 1.82) is 0 Å². The van der Waals surface area contributed by atoms with Gasteiger partial charge in [-0.1, -0.05) is 84.0 Å². The molecule has 6 aromatic rings. The van der Waals surface area contributed by atoms with Crippen molar-refractivity contribution in [3.05, 3.63) is 95.8 Å². The third-order valence-electron chi connectivity index (χ3n) is 7.88. The van der Waals surface area contributed by atoms with Crippen LogP contribution >= 0.6 is 0 Å². The summed E-state index contributed by atoms with van der Waals surface area (Å²) in [5.74, 6) is 0. The average molecular weight is 514 g/mol. The Hall–Kier alpha value is -3.98. The average Bonchev–Trinajstić information content (AvgIpc) is 3.27. The van der Waals surface area contributed by atoms with E-state index in [2.05, 4.69) is 139 Å². The molecule has 0 aliphatic rings. The number of aromatic nitrogens is 2. The van der Waals surface area contributed by atoms with Crippen molar-refractivity contribution in [2.24, 2.45) is 7.05 Å². The van der Waals surface area contributed by atoms with E-state index in [1.54, 1.807) is 0 Å². The van der Waals surface area contributed by atoms with Crippen LogP contribution in [0.3, 0.4) is 0 Å². The van der Waals surface area contributed by atoms with Gasteiger partial charge >= 0.3 is 0 Å². The molecule has 39 heavy (non-hydrogen) atoms. The molecule has 0 aliphatic carbocycles. The summed E-state index contributed by atoms with van der Waals surface area (Å²) in [5, 5.41) is 3.50. The number of furan rings is 1. The third kappa shape index (κ3) is 4.21. The van der Waals surface area contributed by atoms with Gasteiger partial charge in [-0.25, -0.2) is 0 Å². The number of hydrogen-bond acceptors (Lipinski definition) is 2. The number of nitrogens with zero attached hydrogens (tertiary/aromatic N) is 2. The molecule has 0 unspecified atom stereocenters. The van der Waals surface area contributed by atoms with Gasteiger partial charge in [-0.2, -0.15) is 4.57 Å². The Morgan fingerprint density at radius 1 is 0.692 bits per heavy atom. The van der Waals surface area contributed by atoms with Gasteiger partial charge in [-0.3, -0.25) is 4.98 Å². The molecule has 0 saturated heterocycles. The molecule has 3 heterocycles. The molecule has 0 atom stereocenters. The monoisotopic (exact) mass is 513 g/mol. The van der Waals surface area contributed by atoms with E-state index >= 15 is 0 Å². The van der Waals surface area contributed by atoms with E-state index in [0.717, 1.165) is 55.7 Å². The highest BCUT2D eigenvalue weighted by atomic mass is 16.3. The molecule has 0 saturated carbocycles. The van der Waals surface area contributed by atoms with Gasteiger partial charge in [0.05, 0.1) is 5.56 Å². The lowest BCUT2D eigenvalue weighted by molar-refractivity contribution is -0.633.